The van der Waals surface area contributed by atoms with Gasteiger partial charge < -0.3 is 25.5 Å². The van der Waals surface area contributed by atoms with E-state index in [2.05, 4.69) is 0 Å². The second-order valence-electron chi connectivity index (χ2n) is 7.02. The maximum absolute atomic E-state index is 11.0. The molecule has 0 aliphatic carbocycles. The number of aryl methyl sites for hydroxylation is 4. The van der Waals surface area contributed by atoms with Crippen LogP contribution < -0.4 is 0 Å². The van der Waals surface area contributed by atoms with Crippen LogP contribution in [0.1, 0.15) is 32.6 Å². The molecule has 0 unspecified atom stereocenters. The molecule has 3 rings (SSSR count). The maximum atomic E-state index is 11.0. The molecule has 0 spiro atoms. The molecule has 0 bridgehead atoms. The van der Waals surface area contributed by atoms with Gasteiger partial charge in [-0.05, 0) is 84.3 Å². The number of benzene rings is 3. The number of hydrogen-bond donors (Lipinski definition) is 5. The van der Waals surface area contributed by atoms with E-state index < -0.39 is 5.97 Å². The van der Waals surface area contributed by atoms with Gasteiger partial charge in [0.15, 0.2) is 0 Å². The molecular weight excluding hydrogens is 372 g/mol. The molecule has 150 valence electrons. The Kier molecular flexibility index (Phi) is 5.93. The van der Waals surface area contributed by atoms with Gasteiger partial charge in [0.1, 0.15) is 28.6 Å². The highest BCUT2D eigenvalue weighted by molar-refractivity contribution is 5.90. The summed E-state index contributed by atoms with van der Waals surface area (Å²) in [6.45, 7) is 0. The number of aromatic hydroxyl groups is 4. The van der Waals surface area contributed by atoms with E-state index in [1.54, 1.807) is 30.3 Å². The first-order chi connectivity index (χ1) is 13.8. The molecule has 3 aromatic carbocycles. The summed E-state index contributed by atoms with van der Waals surface area (Å²) in [4.78, 5) is 11.0. The average Bonchev–Trinajstić information content (AvgIpc) is 2.63. The second kappa shape index (κ2) is 8.56. The van der Waals surface area contributed by atoms with Crippen LogP contribution in [0.25, 0.3) is 0 Å². The number of aromatic carboxylic acids is 1. The van der Waals surface area contributed by atoms with Gasteiger partial charge in [-0.25, -0.2) is 4.79 Å². The second-order valence-corrected chi connectivity index (χ2v) is 7.02. The first kappa shape index (κ1) is 20.1. The van der Waals surface area contributed by atoms with Crippen LogP contribution in [0.4, 0.5) is 0 Å². The van der Waals surface area contributed by atoms with Crippen LogP contribution >= 0.6 is 0 Å². The normalized spacial score (nSPS) is 10.8. The summed E-state index contributed by atoms with van der Waals surface area (Å²) in [7, 11) is 0. The molecule has 0 radical (unpaired) electrons. The van der Waals surface area contributed by atoms with Crippen LogP contribution in [0.5, 0.6) is 23.0 Å². The van der Waals surface area contributed by atoms with Crippen LogP contribution in [0.3, 0.4) is 0 Å². The Bertz CT molecular complexity index is 1020. The summed E-state index contributed by atoms with van der Waals surface area (Å²) >= 11 is 0. The average molecular weight is 394 g/mol. The summed E-state index contributed by atoms with van der Waals surface area (Å²) in [5.74, 6) is -1.27. The number of carbonyl (C=O) groups is 1. The summed E-state index contributed by atoms with van der Waals surface area (Å²) in [5.41, 5.74) is 3.30. The fraction of sp³-hybridized carbons (Fsp3) is 0.174. The number of carboxylic acids is 1. The Labute approximate surface area is 168 Å². The fourth-order valence-electron chi connectivity index (χ4n) is 3.32. The molecule has 0 saturated carbocycles. The quantitative estimate of drug-likeness (QED) is 0.416. The van der Waals surface area contributed by atoms with Crippen LogP contribution in [0.2, 0.25) is 0 Å². The molecule has 0 amide bonds. The van der Waals surface area contributed by atoms with Gasteiger partial charge in [0, 0.05) is 6.07 Å². The summed E-state index contributed by atoms with van der Waals surface area (Å²) in [5, 5.41) is 48.0. The van der Waals surface area contributed by atoms with Crippen molar-refractivity contribution < 1.29 is 30.3 Å². The molecule has 0 aliphatic heterocycles. The van der Waals surface area contributed by atoms with E-state index in [0.717, 1.165) is 22.3 Å². The highest BCUT2D eigenvalue weighted by Crippen LogP contribution is 2.24. The van der Waals surface area contributed by atoms with Crippen molar-refractivity contribution in [2.24, 2.45) is 0 Å². The molecule has 0 heterocycles. The first-order valence-corrected chi connectivity index (χ1v) is 9.19. The van der Waals surface area contributed by atoms with E-state index >= 15 is 0 Å². The van der Waals surface area contributed by atoms with Gasteiger partial charge in [0.25, 0.3) is 0 Å². The Hall–Kier alpha value is -3.67. The summed E-state index contributed by atoms with van der Waals surface area (Å²) < 4.78 is 0. The van der Waals surface area contributed by atoms with E-state index in [9.17, 15) is 25.2 Å². The summed E-state index contributed by atoms with van der Waals surface area (Å²) in [6.07, 6.45) is 2.41. The van der Waals surface area contributed by atoms with Crippen molar-refractivity contribution in [3.05, 3.63) is 82.4 Å². The smallest absolute Gasteiger partial charge is 0.339 e. The standard InChI is InChI=1S/C23H22O6/c24-18-8-15(2-1-14-5-6-21(23(28)29)22(27)12-14)7-16(9-18)3-4-17-10-19(25)13-20(26)11-17/h5-13,24-27H,1-4H2,(H,28,29). The molecule has 0 aliphatic rings. The monoisotopic (exact) mass is 394 g/mol. The lowest BCUT2D eigenvalue weighted by Gasteiger charge is -2.09. The van der Waals surface area contributed by atoms with Gasteiger partial charge in [0.05, 0.1) is 0 Å². The number of hydrogen-bond acceptors (Lipinski definition) is 5. The van der Waals surface area contributed by atoms with E-state index in [1.165, 1.54) is 18.2 Å². The minimum atomic E-state index is -1.17. The minimum Gasteiger partial charge on any atom is -0.508 e. The van der Waals surface area contributed by atoms with E-state index in [4.69, 9.17) is 5.11 Å². The zero-order chi connectivity index (χ0) is 21.0. The molecule has 29 heavy (non-hydrogen) atoms. The predicted molar refractivity (Wildman–Crippen MR) is 108 cm³/mol. The van der Waals surface area contributed by atoms with Crippen molar-refractivity contribution in [1.82, 2.24) is 0 Å². The zero-order valence-electron chi connectivity index (χ0n) is 15.7. The topological polar surface area (TPSA) is 118 Å². The predicted octanol–water partition coefficient (Wildman–Crippen LogP) is 3.78. The number of phenolic OH excluding ortho intramolecular Hbond substituents is 3. The van der Waals surface area contributed by atoms with Crippen molar-refractivity contribution >= 4 is 5.97 Å². The third kappa shape index (κ3) is 5.42. The van der Waals surface area contributed by atoms with Crippen molar-refractivity contribution in [1.29, 1.82) is 0 Å². The zero-order valence-corrected chi connectivity index (χ0v) is 15.7. The lowest BCUT2D eigenvalue weighted by molar-refractivity contribution is 0.0693. The Morgan fingerprint density at radius 3 is 1.52 bits per heavy atom. The van der Waals surface area contributed by atoms with E-state index in [0.29, 0.717) is 25.7 Å². The Morgan fingerprint density at radius 2 is 1.03 bits per heavy atom. The molecule has 0 saturated heterocycles. The van der Waals surface area contributed by atoms with Gasteiger partial charge >= 0.3 is 5.97 Å². The Balaban J connectivity index is 1.67. The Morgan fingerprint density at radius 1 is 0.586 bits per heavy atom. The maximum Gasteiger partial charge on any atom is 0.339 e. The van der Waals surface area contributed by atoms with E-state index in [-0.39, 0.29) is 28.6 Å². The number of carboxylic acid groups (broad SMARTS) is 1. The lowest BCUT2D eigenvalue weighted by atomic mass is 9.98. The van der Waals surface area contributed by atoms with Crippen molar-refractivity contribution in [3.63, 3.8) is 0 Å². The molecule has 6 nitrogen and oxygen atoms in total. The SMILES string of the molecule is O=C(O)c1ccc(CCc2cc(O)cc(CCc3cc(O)cc(O)c3)c2)cc1O. The lowest BCUT2D eigenvalue weighted by Crippen LogP contribution is -1.99. The van der Waals surface area contributed by atoms with Gasteiger partial charge in [-0.15, -0.1) is 0 Å². The highest BCUT2D eigenvalue weighted by Gasteiger charge is 2.10. The fourth-order valence-corrected chi connectivity index (χ4v) is 3.32. The molecular formula is C23H22O6. The molecule has 0 fully saturated rings. The third-order valence-electron chi connectivity index (χ3n) is 4.70. The summed E-state index contributed by atoms with van der Waals surface area (Å²) in [6, 6.07) is 14.3. The minimum absolute atomic E-state index is 0.00812. The molecule has 3 aromatic rings. The van der Waals surface area contributed by atoms with Crippen LogP contribution in [-0.4, -0.2) is 31.5 Å². The largest absolute Gasteiger partial charge is 0.508 e. The van der Waals surface area contributed by atoms with Crippen LogP contribution in [-0.2, 0) is 25.7 Å². The molecule has 6 heteroatoms. The van der Waals surface area contributed by atoms with Gasteiger partial charge in [0.2, 0.25) is 0 Å². The van der Waals surface area contributed by atoms with E-state index in [1.807, 2.05) is 6.07 Å². The van der Waals surface area contributed by atoms with Crippen LogP contribution in [0, 0.1) is 0 Å². The number of phenols is 4. The van der Waals surface area contributed by atoms with Gasteiger partial charge in [-0.1, -0.05) is 12.1 Å². The van der Waals surface area contributed by atoms with Gasteiger partial charge in [-0.3, -0.25) is 0 Å². The third-order valence-corrected chi connectivity index (χ3v) is 4.70. The van der Waals surface area contributed by atoms with Crippen LogP contribution in [0.15, 0.2) is 54.6 Å². The van der Waals surface area contributed by atoms with Gasteiger partial charge in [-0.2, -0.15) is 0 Å². The van der Waals surface area contributed by atoms with Crippen molar-refractivity contribution in [2.45, 2.75) is 25.7 Å². The van der Waals surface area contributed by atoms with Crippen molar-refractivity contribution in [3.8, 4) is 23.0 Å². The van der Waals surface area contributed by atoms with Crippen molar-refractivity contribution in [2.75, 3.05) is 0 Å². The molecule has 5 N–H and O–H groups in total. The number of rotatable bonds is 7. The molecule has 0 aromatic heterocycles. The molecule has 0 atom stereocenters. The highest BCUT2D eigenvalue weighted by atomic mass is 16.4. The first-order valence-electron chi connectivity index (χ1n) is 9.19.